The first-order valence-electron chi connectivity index (χ1n) is 8.31. The number of carboxylic acids is 1. The highest BCUT2D eigenvalue weighted by Gasteiger charge is 2.15. The fourth-order valence-corrected chi connectivity index (χ4v) is 2.72. The first-order valence-corrected chi connectivity index (χ1v) is 8.31. The second-order valence-corrected chi connectivity index (χ2v) is 5.94. The van der Waals surface area contributed by atoms with Crippen LogP contribution in [0.15, 0.2) is 0 Å². The molecule has 0 spiro atoms. The van der Waals surface area contributed by atoms with E-state index in [1.54, 1.807) is 0 Å². The topological polar surface area (TPSA) is 75.6 Å². The van der Waals surface area contributed by atoms with Gasteiger partial charge in [-0.25, -0.2) is 4.79 Å². The number of carbonyl (C=O) groups is 2. The Kier molecular flexibility index (Phi) is 9.66. The minimum Gasteiger partial charge on any atom is -0.481 e. The van der Waals surface area contributed by atoms with Crippen molar-refractivity contribution in [3.63, 3.8) is 0 Å². The number of hydrogen-bond donors (Lipinski definition) is 2. The standard InChI is InChI=1S/C16H29NO4/c18-15(19)11-7-2-1-3-8-12-17-16(20)21-13-14-9-5-4-6-10-14/h14H,1-13H2,(H,17,20)(H,18,19). The highest BCUT2D eigenvalue weighted by atomic mass is 16.5. The normalized spacial score (nSPS) is 15.6. The summed E-state index contributed by atoms with van der Waals surface area (Å²) in [5.41, 5.74) is 0. The zero-order chi connectivity index (χ0) is 15.3. The number of aliphatic carboxylic acids is 1. The van der Waals surface area contributed by atoms with Crippen molar-refractivity contribution in [3.05, 3.63) is 0 Å². The van der Waals surface area contributed by atoms with Crippen LogP contribution in [0.25, 0.3) is 0 Å². The molecule has 0 heterocycles. The van der Waals surface area contributed by atoms with Gasteiger partial charge >= 0.3 is 12.1 Å². The molecule has 0 unspecified atom stereocenters. The smallest absolute Gasteiger partial charge is 0.407 e. The average Bonchev–Trinajstić information content (AvgIpc) is 2.48. The lowest BCUT2D eigenvalue weighted by Crippen LogP contribution is -2.27. The van der Waals surface area contributed by atoms with Gasteiger partial charge in [0.05, 0.1) is 6.61 Å². The van der Waals surface area contributed by atoms with Gasteiger partial charge in [-0.3, -0.25) is 4.79 Å². The maximum absolute atomic E-state index is 11.5. The maximum Gasteiger partial charge on any atom is 0.407 e. The molecule has 0 aromatic carbocycles. The van der Waals surface area contributed by atoms with E-state index >= 15 is 0 Å². The van der Waals surface area contributed by atoms with Crippen molar-refractivity contribution in [2.24, 2.45) is 5.92 Å². The Morgan fingerprint density at radius 1 is 1.00 bits per heavy atom. The van der Waals surface area contributed by atoms with E-state index in [0.29, 0.717) is 19.1 Å². The van der Waals surface area contributed by atoms with E-state index in [1.165, 1.54) is 32.1 Å². The zero-order valence-electron chi connectivity index (χ0n) is 12.9. The SMILES string of the molecule is O=C(O)CCCCCCCNC(=O)OCC1CCCCC1. The van der Waals surface area contributed by atoms with Crippen molar-refractivity contribution in [3.8, 4) is 0 Å². The zero-order valence-corrected chi connectivity index (χ0v) is 12.9. The Hall–Kier alpha value is -1.26. The predicted octanol–water partition coefficient (Wildman–Crippen LogP) is 3.72. The number of hydrogen-bond acceptors (Lipinski definition) is 3. The van der Waals surface area contributed by atoms with Crippen LogP contribution in [-0.2, 0) is 9.53 Å². The van der Waals surface area contributed by atoms with E-state index < -0.39 is 5.97 Å². The van der Waals surface area contributed by atoms with Gasteiger partial charge in [-0.1, -0.05) is 38.5 Å². The molecule has 0 aromatic rings. The van der Waals surface area contributed by atoms with Crippen LogP contribution in [0.2, 0.25) is 0 Å². The number of alkyl carbamates (subject to hydrolysis) is 1. The van der Waals surface area contributed by atoms with Gasteiger partial charge in [0.25, 0.3) is 0 Å². The van der Waals surface area contributed by atoms with Gasteiger partial charge < -0.3 is 15.2 Å². The van der Waals surface area contributed by atoms with Crippen molar-refractivity contribution in [1.29, 1.82) is 0 Å². The molecule has 0 radical (unpaired) electrons. The molecule has 0 aliphatic heterocycles. The van der Waals surface area contributed by atoms with Gasteiger partial charge in [0.1, 0.15) is 0 Å². The van der Waals surface area contributed by atoms with E-state index in [2.05, 4.69) is 5.32 Å². The lowest BCUT2D eigenvalue weighted by molar-refractivity contribution is -0.137. The van der Waals surface area contributed by atoms with E-state index in [-0.39, 0.29) is 12.5 Å². The second-order valence-electron chi connectivity index (χ2n) is 5.94. The van der Waals surface area contributed by atoms with Crippen molar-refractivity contribution in [1.82, 2.24) is 5.32 Å². The van der Waals surface area contributed by atoms with Crippen LogP contribution in [0.5, 0.6) is 0 Å². The van der Waals surface area contributed by atoms with E-state index in [0.717, 1.165) is 32.1 Å². The monoisotopic (exact) mass is 299 g/mol. The Balaban J connectivity index is 1.85. The Bertz CT molecular complexity index is 301. The molecule has 1 aliphatic carbocycles. The highest BCUT2D eigenvalue weighted by molar-refractivity contribution is 5.67. The molecule has 0 atom stereocenters. The molecule has 1 rings (SSSR count). The first-order chi connectivity index (χ1) is 10.2. The second kappa shape index (κ2) is 11.4. The molecule has 1 aliphatic rings. The molecule has 21 heavy (non-hydrogen) atoms. The van der Waals surface area contributed by atoms with E-state index in [4.69, 9.17) is 9.84 Å². The third kappa shape index (κ3) is 10.2. The van der Waals surface area contributed by atoms with E-state index in [9.17, 15) is 9.59 Å². The maximum atomic E-state index is 11.5. The van der Waals surface area contributed by atoms with Crippen LogP contribution in [0.1, 0.15) is 70.6 Å². The van der Waals surface area contributed by atoms with Crippen LogP contribution >= 0.6 is 0 Å². The number of ether oxygens (including phenoxy) is 1. The molecule has 0 bridgehead atoms. The minimum atomic E-state index is -0.725. The highest BCUT2D eigenvalue weighted by Crippen LogP contribution is 2.23. The van der Waals surface area contributed by atoms with Gasteiger partial charge in [0.2, 0.25) is 0 Å². The fraction of sp³-hybridized carbons (Fsp3) is 0.875. The molecule has 1 amide bonds. The predicted molar refractivity (Wildman–Crippen MR) is 81.3 cm³/mol. The molecule has 5 heteroatoms. The summed E-state index contributed by atoms with van der Waals surface area (Å²) < 4.78 is 5.24. The van der Waals surface area contributed by atoms with Crippen LogP contribution < -0.4 is 5.32 Å². The van der Waals surface area contributed by atoms with Crippen molar-refractivity contribution in [2.75, 3.05) is 13.2 Å². The van der Waals surface area contributed by atoms with Gasteiger partial charge in [-0.15, -0.1) is 0 Å². The third-order valence-electron chi connectivity index (χ3n) is 4.01. The lowest BCUT2D eigenvalue weighted by Gasteiger charge is -2.21. The van der Waals surface area contributed by atoms with Gasteiger partial charge in [0, 0.05) is 13.0 Å². The third-order valence-corrected chi connectivity index (χ3v) is 4.01. The number of carbonyl (C=O) groups excluding carboxylic acids is 1. The summed E-state index contributed by atoms with van der Waals surface area (Å²) in [5.74, 6) is -0.170. The summed E-state index contributed by atoms with van der Waals surface area (Å²) in [6.45, 7) is 1.20. The molecule has 0 aromatic heterocycles. The molecule has 5 nitrogen and oxygen atoms in total. The number of rotatable bonds is 10. The average molecular weight is 299 g/mol. The summed E-state index contributed by atoms with van der Waals surface area (Å²) in [6, 6.07) is 0. The van der Waals surface area contributed by atoms with Gasteiger partial charge in [-0.2, -0.15) is 0 Å². The lowest BCUT2D eigenvalue weighted by atomic mass is 9.90. The molecule has 1 fully saturated rings. The fourth-order valence-electron chi connectivity index (χ4n) is 2.72. The van der Waals surface area contributed by atoms with Crippen molar-refractivity contribution in [2.45, 2.75) is 70.6 Å². The van der Waals surface area contributed by atoms with Crippen LogP contribution in [0.4, 0.5) is 4.79 Å². The summed E-state index contributed by atoms with van der Waals surface area (Å²) in [4.78, 5) is 21.8. The summed E-state index contributed by atoms with van der Waals surface area (Å²) in [5, 5.41) is 11.3. The summed E-state index contributed by atoms with van der Waals surface area (Å²) >= 11 is 0. The van der Waals surface area contributed by atoms with Gasteiger partial charge in [-0.05, 0) is 31.6 Å². The molecule has 2 N–H and O–H groups in total. The van der Waals surface area contributed by atoms with Crippen LogP contribution in [0.3, 0.4) is 0 Å². The van der Waals surface area contributed by atoms with E-state index in [1.807, 2.05) is 0 Å². The first kappa shape index (κ1) is 17.8. The quantitative estimate of drug-likeness (QED) is 0.603. The molecule has 122 valence electrons. The Labute approximate surface area is 127 Å². The molecular formula is C16H29NO4. The minimum absolute atomic E-state index is 0.256. The summed E-state index contributed by atoms with van der Waals surface area (Å²) in [6.07, 6.45) is 10.8. The number of nitrogens with one attached hydrogen (secondary N) is 1. The number of unbranched alkanes of at least 4 members (excludes halogenated alkanes) is 4. The Morgan fingerprint density at radius 2 is 1.67 bits per heavy atom. The molecular weight excluding hydrogens is 270 g/mol. The Morgan fingerprint density at radius 3 is 2.38 bits per heavy atom. The van der Waals surface area contributed by atoms with Crippen LogP contribution in [0, 0.1) is 5.92 Å². The molecule has 1 saturated carbocycles. The number of carboxylic acid groups (broad SMARTS) is 1. The van der Waals surface area contributed by atoms with Crippen molar-refractivity contribution >= 4 is 12.1 Å². The number of amides is 1. The van der Waals surface area contributed by atoms with Crippen molar-refractivity contribution < 1.29 is 19.4 Å². The largest absolute Gasteiger partial charge is 0.481 e. The van der Waals surface area contributed by atoms with Crippen LogP contribution in [-0.4, -0.2) is 30.3 Å². The molecule has 0 saturated heterocycles. The van der Waals surface area contributed by atoms with Gasteiger partial charge in [0.15, 0.2) is 0 Å². The summed E-state index contributed by atoms with van der Waals surface area (Å²) in [7, 11) is 0.